The van der Waals surface area contributed by atoms with Gasteiger partial charge in [0.15, 0.2) is 11.5 Å². The van der Waals surface area contributed by atoms with Crippen LogP contribution in [0.25, 0.3) is 11.4 Å². The first-order valence-electron chi connectivity index (χ1n) is 8.90. The Labute approximate surface area is 161 Å². The van der Waals surface area contributed by atoms with Gasteiger partial charge in [0.25, 0.3) is 0 Å². The van der Waals surface area contributed by atoms with Crippen molar-refractivity contribution in [1.82, 2.24) is 14.4 Å². The number of hydrogen-bond donors (Lipinski definition) is 0. The largest absolute Gasteiger partial charge is 0.486 e. The van der Waals surface area contributed by atoms with Crippen molar-refractivity contribution in [3.63, 3.8) is 0 Å². The number of fused-ring (bicyclic) bond motifs is 1. The van der Waals surface area contributed by atoms with E-state index in [1.165, 1.54) is 16.4 Å². The minimum Gasteiger partial charge on any atom is -0.486 e. The van der Waals surface area contributed by atoms with E-state index in [-0.39, 0.29) is 10.8 Å². The van der Waals surface area contributed by atoms with Crippen LogP contribution in [0.15, 0.2) is 57.9 Å². The van der Waals surface area contributed by atoms with E-state index in [4.69, 9.17) is 14.0 Å². The van der Waals surface area contributed by atoms with Gasteiger partial charge in [-0.05, 0) is 12.1 Å². The van der Waals surface area contributed by atoms with E-state index in [9.17, 15) is 8.42 Å². The van der Waals surface area contributed by atoms with Crippen molar-refractivity contribution >= 4 is 10.0 Å². The molecule has 3 aromatic rings. The molecule has 3 heterocycles. The zero-order valence-electron chi connectivity index (χ0n) is 14.8. The van der Waals surface area contributed by atoms with Crippen LogP contribution in [0.2, 0.25) is 0 Å². The maximum atomic E-state index is 12.9. The standard InChI is InChI=1S/C19H17N3O5S/c23-28(24,15-6-7-16-17(10-15)26-9-8-25-16)22-11-14(12-22)19-20-18(21-27-19)13-4-2-1-3-5-13/h1-7,10,14H,8-9,11-12H2. The number of rotatable bonds is 4. The molecule has 144 valence electrons. The molecule has 0 radical (unpaired) electrons. The van der Waals surface area contributed by atoms with E-state index >= 15 is 0 Å². The third-order valence-corrected chi connectivity index (χ3v) is 6.65. The summed E-state index contributed by atoms with van der Waals surface area (Å²) in [6.45, 7) is 1.46. The van der Waals surface area contributed by atoms with E-state index in [2.05, 4.69) is 10.1 Å². The summed E-state index contributed by atoms with van der Waals surface area (Å²) in [7, 11) is -3.61. The fraction of sp³-hybridized carbons (Fsp3) is 0.263. The van der Waals surface area contributed by atoms with E-state index in [0.29, 0.717) is 49.5 Å². The van der Waals surface area contributed by atoms with Crippen LogP contribution >= 0.6 is 0 Å². The Morgan fingerprint density at radius 3 is 2.50 bits per heavy atom. The average Bonchev–Trinajstić information content (AvgIpc) is 3.16. The highest BCUT2D eigenvalue weighted by atomic mass is 32.2. The Morgan fingerprint density at radius 1 is 0.964 bits per heavy atom. The summed E-state index contributed by atoms with van der Waals surface area (Å²) in [5.41, 5.74) is 0.859. The SMILES string of the molecule is O=S(=O)(c1ccc2c(c1)OCCO2)N1CC(c2nc(-c3ccccc3)no2)C1. The zero-order valence-corrected chi connectivity index (χ0v) is 15.6. The van der Waals surface area contributed by atoms with E-state index < -0.39 is 10.0 Å². The maximum Gasteiger partial charge on any atom is 0.243 e. The fourth-order valence-electron chi connectivity index (χ4n) is 3.23. The van der Waals surface area contributed by atoms with Gasteiger partial charge in [-0.3, -0.25) is 0 Å². The first-order valence-corrected chi connectivity index (χ1v) is 10.3. The van der Waals surface area contributed by atoms with Gasteiger partial charge in [0, 0.05) is 24.7 Å². The molecule has 5 rings (SSSR count). The molecule has 0 bridgehead atoms. The lowest BCUT2D eigenvalue weighted by molar-refractivity contribution is 0.171. The smallest absolute Gasteiger partial charge is 0.243 e. The van der Waals surface area contributed by atoms with Gasteiger partial charge in [0.2, 0.25) is 21.7 Å². The van der Waals surface area contributed by atoms with Crippen molar-refractivity contribution in [2.24, 2.45) is 0 Å². The molecule has 0 amide bonds. The second kappa shape index (κ2) is 6.61. The third-order valence-electron chi connectivity index (χ3n) is 4.82. The summed E-state index contributed by atoms with van der Waals surface area (Å²) < 4.78 is 43.4. The maximum absolute atomic E-state index is 12.9. The molecule has 8 nitrogen and oxygen atoms in total. The number of sulfonamides is 1. The molecule has 0 N–H and O–H groups in total. The van der Waals surface area contributed by atoms with Crippen molar-refractivity contribution in [1.29, 1.82) is 0 Å². The van der Waals surface area contributed by atoms with E-state index in [1.807, 2.05) is 30.3 Å². The average molecular weight is 399 g/mol. The molecule has 0 aliphatic carbocycles. The Bertz CT molecular complexity index is 1110. The molecular weight excluding hydrogens is 382 g/mol. The number of benzene rings is 2. The van der Waals surface area contributed by atoms with Crippen LogP contribution in [0.1, 0.15) is 11.8 Å². The van der Waals surface area contributed by atoms with Gasteiger partial charge in [-0.1, -0.05) is 35.5 Å². The van der Waals surface area contributed by atoms with Gasteiger partial charge in [0.05, 0.1) is 10.8 Å². The number of hydrogen-bond acceptors (Lipinski definition) is 7. The van der Waals surface area contributed by atoms with Gasteiger partial charge in [-0.25, -0.2) is 8.42 Å². The Kier molecular flexibility index (Phi) is 4.06. The van der Waals surface area contributed by atoms with Crippen molar-refractivity contribution < 1.29 is 22.4 Å². The van der Waals surface area contributed by atoms with Crippen LogP contribution in [0.3, 0.4) is 0 Å². The zero-order chi connectivity index (χ0) is 19.1. The molecule has 0 spiro atoms. The number of aromatic nitrogens is 2. The monoisotopic (exact) mass is 399 g/mol. The van der Waals surface area contributed by atoms with Crippen molar-refractivity contribution in [2.45, 2.75) is 10.8 Å². The van der Waals surface area contributed by atoms with Crippen LogP contribution in [0.5, 0.6) is 11.5 Å². The molecule has 0 unspecified atom stereocenters. The van der Waals surface area contributed by atoms with Gasteiger partial charge in [0.1, 0.15) is 13.2 Å². The van der Waals surface area contributed by atoms with Crippen LogP contribution in [0.4, 0.5) is 0 Å². The topological polar surface area (TPSA) is 94.8 Å². The lowest BCUT2D eigenvalue weighted by Gasteiger charge is -2.35. The molecule has 1 saturated heterocycles. The highest BCUT2D eigenvalue weighted by Gasteiger charge is 2.40. The minimum atomic E-state index is -3.61. The highest BCUT2D eigenvalue weighted by Crippen LogP contribution is 2.36. The highest BCUT2D eigenvalue weighted by molar-refractivity contribution is 7.89. The van der Waals surface area contributed by atoms with Crippen LogP contribution in [-0.4, -0.2) is 49.2 Å². The van der Waals surface area contributed by atoms with Crippen LogP contribution in [0, 0.1) is 0 Å². The minimum absolute atomic E-state index is 0.114. The lowest BCUT2D eigenvalue weighted by Crippen LogP contribution is -2.48. The summed E-state index contributed by atoms with van der Waals surface area (Å²) in [5, 5.41) is 4.00. The predicted molar refractivity (Wildman–Crippen MR) is 98.7 cm³/mol. The summed E-state index contributed by atoms with van der Waals surface area (Å²) in [6.07, 6.45) is 0. The molecule has 2 aliphatic heterocycles. The Morgan fingerprint density at radius 2 is 1.71 bits per heavy atom. The van der Waals surface area contributed by atoms with E-state index in [1.54, 1.807) is 6.07 Å². The Balaban J connectivity index is 1.31. The predicted octanol–water partition coefficient (Wildman–Crippen LogP) is 2.30. The fourth-order valence-corrected chi connectivity index (χ4v) is 4.78. The summed E-state index contributed by atoms with van der Waals surface area (Å²) in [5.74, 6) is 1.85. The molecule has 2 aromatic carbocycles. The first kappa shape index (κ1) is 17.2. The van der Waals surface area contributed by atoms with Gasteiger partial charge < -0.3 is 14.0 Å². The molecule has 1 fully saturated rings. The second-order valence-electron chi connectivity index (χ2n) is 6.65. The Hall–Kier alpha value is -2.91. The molecule has 9 heteroatoms. The summed E-state index contributed by atoms with van der Waals surface area (Å²) >= 11 is 0. The molecule has 0 saturated carbocycles. The van der Waals surface area contributed by atoms with Gasteiger partial charge >= 0.3 is 0 Å². The normalized spacial score (nSPS) is 17.3. The molecule has 1 aromatic heterocycles. The third kappa shape index (κ3) is 2.92. The van der Waals surface area contributed by atoms with Crippen molar-refractivity contribution in [3.05, 3.63) is 54.4 Å². The van der Waals surface area contributed by atoms with Crippen LogP contribution in [-0.2, 0) is 10.0 Å². The molecule has 2 aliphatic rings. The lowest BCUT2D eigenvalue weighted by atomic mass is 10.0. The summed E-state index contributed by atoms with van der Waals surface area (Å²) in [4.78, 5) is 4.60. The number of nitrogens with zero attached hydrogens (tertiary/aromatic N) is 3. The van der Waals surface area contributed by atoms with E-state index in [0.717, 1.165) is 5.56 Å². The van der Waals surface area contributed by atoms with Crippen molar-refractivity contribution in [3.8, 4) is 22.9 Å². The number of ether oxygens (including phenoxy) is 2. The first-order chi connectivity index (χ1) is 13.6. The molecule has 28 heavy (non-hydrogen) atoms. The molecule has 0 atom stereocenters. The summed E-state index contributed by atoms with van der Waals surface area (Å²) in [6, 6.07) is 14.2. The van der Waals surface area contributed by atoms with Crippen LogP contribution < -0.4 is 9.47 Å². The quantitative estimate of drug-likeness (QED) is 0.664. The second-order valence-corrected chi connectivity index (χ2v) is 8.58. The molecular formula is C19H17N3O5S. The van der Waals surface area contributed by atoms with Crippen molar-refractivity contribution in [2.75, 3.05) is 26.3 Å². The van der Waals surface area contributed by atoms with Gasteiger partial charge in [-0.15, -0.1) is 0 Å². The van der Waals surface area contributed by atoms with Gasteiger partial charge in [-0.2, -0.15) is 9.29 Å².